The van der Waals surface area contributed by atoms with E-state index in [1.165, 1.54) is 0 Å². The zero-order valence-electron chi connectivity index (χ0n) is 6.87. The van der Waals surface area contributed by atoms with Crippen LogP contribution in [0.2, 0.25) is 0 Å². The highest BCUT2D eigenvalue weighted by molar-refractivity contribution is 5.66. The smallest absolute Gasteiger partial charge is 0.144 e. The Morgan fingerprint density at radius 2 is 2.10 bits per heavy atom. The first-order chi connectivity index (χ1) is 4.70. The molecule has 0 radical (unpaired) electrons. The fourth-order valence-electron chi connectivity index (χ4n) is 0.519. The quantitative estimate of drug-likeness (QED) is 0.432. The normalized spacial score (nSPS) is 14.4. The van der Waals surface area contributed by atoms with Crippen molar-refractivity contribution in [1.82, 2.24) is 0 Å². The van der Waals surface area contributed by atoms with Crippen molar-refractivity contribution in [1.29, 1.82) is 0 Å². The summed E-state index contributed by atoms with van der Waals surface area (Å²) in [5.41, 5.74) is 0. The standard InChI is InChI=1S/C8H15NO/c1-4-8(6-10)9-5-7(2)3/h5-8H,4H2,1-3H3/t8-/m1/s1. The van der Waals surface area contributed by atoms with Gasteiger partial charge in [0.05, 0.1) is 0 Å². The molecule has 0 amide bonds. The fourth-order valence-corrected chi connectivity index (χ4v) is 0.519. The van der Waals surface area contributed by atoms with Crippen LogP contribution < -0.4 is 0 Å². The molecule has 0 saturated carbocycles. The third-order valence-corrected chi connectivity index (χ3v) is 1.15. The van der Waals surface area contributed by atoms with Crippen molar-refractivity contribution >= 4 is 12.5 Å². The van der Waals surface area contributed by atoms with Gasteiger partial charge in [-0.2, -0.15) is 0 Å². The topological polar surface area (TPSA) is 29.4 Å². The summed E-state index contributed by atoms with van der Waals surface area (Å²) < 4.78 is 0. The minimum atomic E-state index is -0.123. The number of hydrogen-bond acceptors (Lipinski definition) is 2. The minimum absolute atomic E-state index is 0.123. The SMILES string of the molecule is CC[C@H](C=O)N=CC(C)C. The van der Waals surface area contributed by atoms with E-state index < -0.39 is 0 Å². The van der Waals surface area contributed by atoms with Gasteiger partial charge in [0, 0.05) is 6.21 Å². The highest BCUT2D eigenvalue weighted by Gasteiger charge is 1.97. The maximum absolute atomic E-state index is 10.2. The second-order valence-corrected chi connectivity index (χ2v) is 2.65. The molecule has 1 atom stereocenters. The fraction of sp³-hybridized carbons (Fsp3) is 0.750. The molecule has 10 heavy (non-hydrogen) atoms. The highest BCUT2D eigenvalue weighted by atomic mass is 16.1. The average Bonchev–Trinajstić information content (AvgIpc) is 1.90. The molecule has 0 unspecified atom stereocenters. The first kappa shape index (κ1) is 9.34. The van der Waals surface area contributed by atoms with Gasteiger partial charge in [0.1, 0.15) is 12.3 Å². The number of aldehydes is 1. The zero-order chi connectivity index (χ0) is 7.98. The Bertz CT molecular complexity index is 118. The summed E-state index contributed by atoms with van der Waals surface area (Å²) in [7, 11) is 0. The molecule has 0 bridgehead atoms. The molecule has 0 aromatic heterocycles. The Morgan fingerprint density at radius 1 is 1.50 bits per heavy atom. The molecule has 0 aromatic carbocycles. The molecule has 2 heteroatoms. The van der Waals surface area contributed by atoms with E-state index in [2.05, 4.69) is 4.99 Å². The molecule has 0 aromatic rings. The molecule has 0 N–H and O–H groups in total. The van der Waals surface area contributed by atoms with Crippen LogP contribution in [0.3, 0.4) is 0 Å². The van der Waals surface area contributed by atoms with Gasteiger partial charge in [0.25, 0.3) is 0 Å². The van der Waals surface area contributed by atoms with Crippen molar-refractivity contribution in [2.24, 2.45) is 10.9 Å². The minimum Gasteiger partial charge on any atom is -0.301 e. The van der Waals surface area contributed by atoms with E-state index in [-0.39, 0.29) is 6.04 Å². The molecule has 2 nitrogen and oxygen atoms in total. The van der Waals surface area contributed by atoms with Gasteiger partial charge in [0.2, 0.25) is 0 Å². The molecule has 0 spiro atoms. The van der Waals surface area contributed by atoms with Crippen LogP contribution in [0.5, 0.6) is 0 Å². The summed E-state index contributed by atoms with van der Waals surface area (Å²) in [5.74, 6) is 0.439. The summed E-state index contributed by atoms with van der Waals surface area (Å²) in [6.07, 6.45) is 3.51. The number of nitrogens with zero attached hydrogens (tertiary/aromatic N) is 1. The van der Waals surface area contributed by atoms with Gasteiger partial charge in [-0.05, 0) is 12.3 Å². The third-order valence-electron chi connectivity index (χ3n) is 1.15. The second-order valence-electron chi connectivity index (χ2n) is 2.65. The monoisotopic (exact) mass is 141 g/mol. The lowest BCUT2D eigenvalue weighted by molar-refractivity contribution is -0.108. The highest BCUT2D eigenvalue weighted by Crippen LogP contribution is 1.94. The van der Waals surface area contributed by atoms with Crippen LogP contribution >= 0.6 is 0 Å². The lowest BCUT2D eigenvalue weighted by Crippen LogP contribution is -2.05. The van der Waals surface area contributed by atoms with Crippen LogP contribution in [0.1, 0.15) is 27.2 Å². The molecular formula is C8H15NO. The molecule has 0 aliphatic rings. The summed E-state index contributed by atoms with van der Waals surface area (Å²) in [6.45, 7) is 6.04. The van der Waals surface area contributed by atoms with E-state index in [0.29, 0.717) is 5.92 Å². The maximum Gasteiger partial charge on any atom is 0.144 e. The van der Waals surface area contributed by atoms with E-state index >= 15 is 0 Å². The van der Waals surface area contributed by atoms with Gasteiger partial charge in [0.15, 0.2) is 0 Å². The van der Waals surface area contributed by atoms with Crippen molar-refractivity contribution in [3.05, 3.63) is 0 Å². The Hall–Kier alpha value is -0.660. The first-order valence-electron chi connectivity index (χ1n) is 3.69. The van der Waals surface area contributed by atoms with Crippen LogP contribution in [0.4, 0.5) is 0 Å². The second kappa shape index (κ2) is 5.15. The molecule has 0 aliphatic carbocycles. The van der Waals surface area contributed by atoms with Crippen LogP contribution in [0, 0.1) is 5.92 Å². The summed E-state index contributed by atoms with van der Waals surface area (Å²) in [6, 6.07) is -0.123. The average molecular weight is 141 g/mol. The molecule has 0 heterocycles. The molecular weight excluding hydrogens is 126 g/mol. The van der Waals surface area contributed by atoms with E-state index in [1.54, 1.807) is 0 Å². The van der Waals surface area contributed by atoms with Crippen molar-refractivity contribution in [2.45, 2.75) is 33.2 Å². The Morgan fingerprint density at radius 3 is 2.40 bits per heavy atom. The van der Waals surface area contributed by atoms with Gasteiger partial charge in [-0.1, -0.05) is 20.8 Å². The van der Waals surface area contributed by atoms with Gasteiger partial charge < -0.3 is 4.79 Å². The number of rotatable bonds is 4. The Balaban J connectivity index is 3.72. The molecule has 0 rings (SSSR count). The van der Waals surface area contributed by atoms with Crippen LogP contribution in [-0.2, 0) is 4.79 Å². The first-order valence-corrected chi connectivity index (χ1v) is 3.69. The lowest BCUT2D eigenvalue weighted by Gasteiger charge is -1.99. The van der Waals surface area contributed by atoms with E-state index in [0.717, 1.165) is 12.7 Å². The molecule has 0 aliphatic heterocycles. The predicted molar refractivity (Wildman–Crippen MR) is 43.5 cm³/mol. The number of carbonyl (C=O) groups is 1. The van der Waals surface area contributed by atoms with E-state index in [9.17, 15) is 4.79 Å². The molecule has 0 fully saturated rings. The maximum atomic E-state index is 10.2. The largest absolute Gasteiger partial charge is 0.301 e. The summed E-state index contributed by atoms with van der Waals surface area (Å²) in [4.78, 5) is 14.3. The van der Waals surface area contributed by atoms with Crippen molar-refractivity contribution in [3.63, 3.8) is 0 Å². The van der Waals surface area contributed by atoms with Crippen molar-refractivity contribution in [2.75, 3.05) is 0 Å². The molecule has 0 saturated heterocycles. The van der Waals surface area contributed by atoms with Crippen LogP contribution in [-0.4, -0.2) is 18.5 Å². The third kappa shape index (κ3) is 4.24. The Labute approximate surface area is 62.4 Å². The van der Waals surface area contributed by atoms with E-state index in [4.69, 9.17) is 0 Å². The predicted octanol–water partition coefficient (Wildman–Crippen LogP) is 1.69. The van der Waals surface area contributed by atoms with Crippen LogP contribution in [0.15, 0.2) is 4.99 Å². The van der Waals surface area contributed by atoms with Crippen molar-refractivity contribution < 1.29 is 4.79 Å². The van der Waals surface area contributed by atoms with Gasteiger partial charge in [-0.25, -0.2) is 0 Å². The van der Waals surface area contributed by atoms with Crippen LogP contribution in [0.25, 0.3) is 0 Å². The van der Waals surface area contributed by atoms with Gasteiger partial charge >= 0.3 is 0 Å². The number of hydrogen-bond donors (Lipinski definition) is 0. The Kier molecular flexibility index (Phi) is 4.81. The lowest BCUT2D eigenvalue weighted by atomic mass is 10.2. The van der Waals surface area contributed by atoms with E-state index in [1.807, 2.05) is 27.0 Å². The van der Waals surface area contributed by atoms with Gasteiger partial charge in [-0.15, -0.1) is 0 Å². The number of carbonyl (C=O) groups excluding carboxylic acids is 1. The summed E-state index contributed by atoms with van der Waals surface area (Å²) in [5, 5.41) is 0. The zero-order valence-corrected chi connectivity index (χ0v) is 6.87. The summed E-state index contributed by atoms with van der Waals surface area (Å²) >= 11 is 0. The molecule has 58 valence electrons. The number of aliphatic imine (C=N–C) groups is 1. The van der Waals surface area contributed by atoms with Crippen molar-refractivity contribution in [3.8, 4) is 0 Å². The van der Waals surface area contributed by atoms with Gasteiger partial charge in [-0.3, -0.25) is 4.99 Å².